The van der Waals surface area contributed by atoms with Gasteiger partial charge in [-0.25, -0.2) is 0 Å². The fraction of sp³-hybridized carbons (Fsp3) is 1.00. The minimum absolute atomic E-state index is 0. The number of halogens is 1. The minimum atomic E-state index is -0.659. The van der Waals surface area contributed by atoms with Gasteiger partial charge in [0.05, 0.1) is 11.3 Å². The number of hydrogen-bond donors (Lipinski definition) is 0. The van der Waals surface area contributed by atoms with Crippen LogP contribution in [0.5, 0.6) is 0 Å². The Morgan fingerprint density at radius 2 is 1.39 bits per heavy atom. The molecule has 2 heteroatoms. The zero-order chi connectivity index (χ0) is 12.1. The number of rotatable bonds is 4. The van der Waals surface area contributed by atoms with Crippen LogP contribution in [-0.2, 0) is 0 Å². The standard InChI is InChI=1S/C16H30P.HI/c1-4-5-6-17(2,3)16-10-13-7-14(11-16)9-15(8-13)12-16;/h13-15H,4-12H2,1-3H3;1H/q+1;/p-1. The van der Waals surface area contributed by atoms with Crippen LogP contribution in [0, 0.1) is 17.8 Å². The van der Waals surface area contributed by atoms with Crippen LogP contribution in [0.4, 0.5) is 0 Å². The third kappa shape index (κ3) is 2.52. The quantitative estimate of drug-likeness (QED) is 0.517. The molecule has 4 aliphatic carbocycles. The summed E-state index contributed by atoms with van der Waals surface area (Å²) in [6.07, 6.45) is 14.2. The SMILES string of the molecule is CCCC[P+](C)(C)C12CC3CC(CC(C3)C1)C2.[I-]. The van der Waals surface area contributed by atoms with Gasteiger partial charge in [0.15, 0.2) is 0 Å². The van der Waals surface area contributed by atoms with Gasteiger partial charge in [-0.05, 0) is 62.7 Å². The van der Waals surface area contributed by atoms with E-state index in [1.807, 2.05) is 0 Å². The van der Waals surface area contributed by atoms with Crippen molar-refractivity contribution in [2.24, 2.45) is 17.8 Å². The molecule has 18 heavy (non-hydrogen) atoms. The fourth-order valence-corrected chi connectivity index (χ4v) is 9.44. The van der Waals surface area contributed by atoms with Crippen molar-refractivity contribution in [3.8, 4) is 0 Å². The molecule has 0 heterocycles. The summed E-state index contributed by atoms with van der Waals surface area (Å²) in [5.74, 6) is 3.42. The van der Waals surface area contributed by atoms with Crippen molar-refractivity contribution in [2.75, 3.05) is 19.5 Å². The van der Waals surface area contributed by atoms with Crippen LogP contribution in [-0.4, -0.2) is 24.6 Å². The van der Waals surface area contributed by atoms with Crippen molar-refractivity contribution in [1.29, 1.82) is 0 Å². The van der Waals surface area contributed by atoms with Crippen molar-refractivity contribution in [3.05, 3.63) is 0 Å². The molecule has 106 valence electrons. The first-order chi connectivity index (χ1) is 8.05. The Morgan fingerprint density at radius 3 is 1.78 bits per heavy atom. The summed E-state index contributed by atoms with van der Waals surface area (Å²) in [7, 11) is -0.659. The largest absolute Gasteiger partial charge is 1.00 e. The molecule has 0 spiro atoms. The lowest BCUT2D eigenvalue weighted by atomic mass is 9.56. The van der Waals surface area contributed by atoms with Gasteiger partial charge in [0.1, 0.15) is 0 Å². The number of unbranched alkanes of at least 4 members (excludes halogenated alkanes) is 1. The van der Waals surface area contributed by atoms with Crippen molar-refractivity contribution in [3.63, 3.8) is 0 Å². The molecular formula is C16H30IP. The van der Waals surface area contributed by atoms with E-state index in [0.717, 1.165) is 22.9 Å². The first-order valence-electron chi connectivity index (χ1n) is 7.88. The Balaban J connectivity index is 0.00000120. The summed E-state index contributed by atoms with van der Waals surface area (Å²) >= 11 is 0. The molecule has 4 saturated carbocycles. The smallest absolute Gasteiger partial charge is 0.0802 e. The lowest BCUT2D eigenvalue weighted by molar-refractivity contribution is -0.00000638. The molecule has 4 rings (SSSR count). The van der Waals surface area contributed by atoms with Crippen molar-refractivity contribution < 1.29 is 24.0 Å². The van der Waals surface area contributed by atoms with Gasteiger partial charge in [-0.15, -0.1) is 0 Å². The van der Waals surface area contributed by atoms with E-state index in [1.54, 1.807) is 44.7 Å². The van der Waals surface area contributed by atoms with E-state index in [2.05, 4.69) is 20.3 Å². The molecule has 0 N–H and O–H groups in total. The average molecular weight is 380 g/mol. The van der Waals surface area contributed by atoms with Crippen LogP contribution in [0.2, 0.25) is 0 Å². The van der Waals surface area contributed by atoms with E-state index in [4.69, 9.17) is 0 Å². The zero-order valence-corrected chi connectivity index (χ0v) is 15.5. The second-order valence-electron chi connectivity index (χ2n) is 7.90. The summed E-state index contributed by atoms with van der Waals surface area (Å²) in [6.45, 7) is 7.77. The lowest BCUT2D eigenvalue weighted by Gasteiger charge is -2.58. The van der Waals surface area contributed by atoms with Gasteiger partial charge in [-0.2, -0.15) is 0 Å². The van der Waals surface area contributed by atoms with E-state index in [0.29, 0.717) is 0 Å². The Hall–Kier alpha value is 1.16. The maximum atomic E-state index is 2.70. The van der Waals surface area contributed by atoms with E-state index in [1.165, 1.54) is 12.8 Å². The molecule has 0 atom stereocenters. The first kappa shape index (κ1) is 15.5. The molecule has 0 aromatic carbocycles. The Kier molecular flexibility index (Phi) is 4.76. The van der Waals surface area contributed by atoms with Crippen molar-refractivity contribution >= 4 is 7.26 Å². The van der Waals surface area contributed by atoms with Crippen LogP contribution in [0.15, 0.2) is 0 Å². The zero-order valence-electron chi connectivity index (χ0n) is 12.4. The predicted octanol–water partition coefficient (Wildman–Crippen LogP) is 2.04. The highest BCUT2D eigenvalue weighted by atomic mass is 127. The molecule has 0 aromatic rings. The second kappa shape index (κ2) is 5.51. The maximum absolute atomic E-state index is 2.70. The summed E-state index contributed by atoms with van der Waals surface area (Å²) in [5, 5.41) is 0.858. The van der Waals surface area contributed by atoms with E-state index >= 15 is 0 Å². The Bertz CT molecular complexity index is 262. The monoisotopic (exact) mass is 380 g/mol. The van der Waals surface area contributed by atoms with Crippen LogP contribution >= 0.6 is 7.26 Å². The topological polar surface area (TPSA) is 0 Å². The van der Waals surface area contributed by atoms with Gasteiger partial charge >= 0.3 is 0 Å². The molecule has 0 aromatic heterocycles. The molecular weight excluding hydrogens is 350 g/mol. The van der Waals surface area contributed by atoms with Crippen molar-refractivity contribution in [1.82, 2.24) is 0 Å². The van der Waals surface area contributed by atoms with Crippen LogP contribution < -0.4 is 24.0 Å². The normalized spacial score (nSPS) is 41.8. The summed E-state index contributed by atoms with van der Waals surface area (Å²) in [6, 6.07) is 0. The minimum Gasteiger partial charge on any atom is -1.00 e. The Labute approximate surface area is 131 Å². The molecule has 0 nitrogen and oxygen atoms in total. The summed E-state index contributed by atoms with van der Waals surface area (Å²) < 4.78 is 0. The summed E-state index contributed by atoms with van der Waals surface area (Å²) in [4.78, 5) is 0. The van der Waals surface area contributed by atoms with Crippen molar-refractivity contribution in [2.45, 2.75) is 63.4 Å². The van der Waals surface area contributed by atoms with Crippen LogP contribution in [0.1, 0.15) is 58.3 Å². The highest BCUT2D eigenvalue weighted by Gasteiger charge is 2.60. The van der Waals surface area contributed by atoms with Gasteiger partial charge in [0.25, 0.3) is 0 Å². The maximum Gasteiger partial charge on any atom is 0.0802 e. The Morgan fingerprint density at radius 1 is 0.944 bits per heavy atom. The molecule has 4 bridgehead atoms. The fourth-order valence-electron chi connectivity index (χ4n) is 5.60. The second-order valence-corrected chi connectivity index (χ2v) is 12.7. The number of hydrogen-bond acceptors (Lipinski definition) is 0. The first-order valence-corrected chi connectivity index (χ1v) is 10.7. The summed E-state index contributed by atoms with van der Waals surface area (Å²) in [5.41, 5.74) is 0. The molecule has 4 aliphatic rings. The van der Waals surface area contributed by atoms with Gasteiger partial charge in [-0.1, -0.05) is 13.3 Å². The predicted molar refractivity (Wildman–Crippen MR) is 79.4 cm³/mol. The molecule has 0 amide bonds. The van der Waals surface area contributed by atoms with Gasteiger partial charge in [0.2, 0.25) is 0 Å². The lowest BCUT2D eigenvalue weighted by Crippen LogP contribution is -3.00. The van der Waals surface area contributed by atoms with E-state index in [9.17, 15) is 0 Å². The van der Waals surface area contributed by atoms with Gasteiger partial charge in [-0.3, -0.25) is 0 Å². The van der Waals surface area contributed by atoms with E-state index < -0.39 is 7.26 Å². The van der Waals surface area contributed by atoms with Gasteiger partial charge < -0.3 is 24.0 Å². The average Bonchev–Trinajstić information content (AvgIpc) is 2.24. The van der Waals surface area contributed by atoms with Crippen LogP contribution in [0.3, 0.4) is 0 Å². The molecule has 4 fully saturated rings. The molecule has 0 unspecified atom stereocenters. The van der Waals surface area contributed by atoms with E-state index in [-0.39, 0.29) is 24.0 Å². The van der Waals surface area contributed by atoms with Gasteiger partial charge in [0, 0.05) is 20.6 Å². The highest BCUT2D eigenvalue weighted by molar-refractivity contribution is 7.76. The highest BCUT2D eigenvalue weighted by Crippen LogP contribution is 2.75. The van der Waals surface area contributed by atoms with Crippen LogP contribution in [0.25, 0.3) is 0 Å². The third-order valence-electron chi connectivity index (χ3n) is 6.36. The molecule has 0 saturated heterocycles. The molecule has 0 aliphatic heterocycles. The third-order valence-corrected chi connectivity index (χ3v) is 10.9. The molecule has 0 radical (unpaired) electrons.